The first kappa shape index (κ1) is 9.87. The van der Waals surface area contributed by atoms with Crippen molar-refractivity contribution in [3.63, 3.8) is 0 Å². The Morgan fingerprint density at radius 3 is 2.50 bits per heavy atom. The number of anilines is 1. The Morgan fingerprint density at radius 1 is 1.36 bits per heavy atom. The van der Waals surface area contributed by atoms with Gasteiger partial charge in [-0.3, -0.25) is 5.21 Å². The van der Waals surface area contributed by atoms with Crippen LogP contribution in [-0.2, 0) is 6.42 Å². The number of benzene rings is 1. The lowest BCUT2D eigenvalue weighted by Crippen LogP contribution is -2.08. The van der Waals surface area contributed by atoms with Crippen LogP contribution in [0.15, 0.2) is 24.3 Å². The molecule has 1 saturated carbocycles. The summed E-state index contributed by atoms with van der Waals surface area (Å²) >= 11 is 1.52. The average molecular weight is 209 g/mol. The lowest BCUT2D eigenvalue weighted by atomic mass is 10.2. The molecule has 1 aromatic carbocycles. The van der Waals surface area contributed by atoms with Gasteiger partial charge in [-0.1, -0.05) is 19.1 Å². The van der Waals surface area contributed by atoms with Crippen LogP contribution in [0.2, 0.25) is 0 Å². The molecule has 0 atom stereocenters. The highest BCUT2D eigenvalue weighted by atomic mass is 32.2. The Kier molecular flexibility index (Phi) is 2.99. The summed E-state index contributed by atoms with van der Waals surface area (Å²) in [6.07, 6.45) is 3.50. The minimum absolute atomic E-state index is 0.630. The van der Waals surface area contributed by atoms with Crippen molar-refractivity contribution in [2.75, 3.05) is 4.47 Å². The number of hydrogen-bond donors (Lipinski definition) is 1. The van der Waals surface area contributed by atoms with Gasteiger partial charge in [0.25, 0.3) is 0 Å². The van der Waals surface area contributed by atoms with Gasteiger partial charge in [0, 0.05) is 5.25 Å². The SMILES string of the molecule is CCc1ccc(N(O)SC2CC2)cc1. The molecule has 0 bridgehead atoms. The van der Waals surface area contributed by atoms with Crippen molar-refractivity contribution in [1.29, 1.82) is 0 Å². The molecule has 2 rings (SSSR count). The van der Waals surface area contributed by atoms with Gasteiger partial charge in [-0.05, 0) is 48.9 Å². The third-order valence-electron chi connectivity index (χ3n) is 2.34. The fourth-order valence-electron chi connectivity index (χ4n) is 1.23. The molecule has 0 aliphatic heterocycles. The summed E-state index contributed by atoms with van der Waals surface area (Å²) in [6, 6.07) is 8.06. The highest BCUT2D eigenvalue weighted by Crippen LogP contribution is 2.37. The molecule has 0 saturated heterocycles. The molecule has 0 radical (unpaired) electrons. The van der Waals surface area contributed by atoms with Gasteiger partial charge < -0.3 is 0 Å². The van der Waals surface area contributed by atoms with E-state index in [2.05, 4.69) is 19.1 Å². The summed E-state index contributed by atoms with van der Waals surface area (Å²) in [5.74, 6) is 0. The van der Waals surface area contributed by atoms with Gasteiger partial charge in [0.2, 0.25) is 0 Å². The monoisotopic (exact) mass is 209 g/mol. The van der Waals surface area contributed by atoms with E-state index in [-0.39, 0.29) is 0 Å². The van der Waals surface area contributed by atoms with Gasteiger partial charge >= 0.3 is 0 Å². The molecule has 0 spiro atoms. The zero-order chi connectivity index (χ0) is 9.97. The standard InChI is InChI=1S/C11H15NOS/c1-2-9-3-5-10(6-4-9)12(13)14-11-7-8-11/h3-6,11,13H,2,7-8H2,1H3. The second-order valence-corrected chi connectivity index (χ2v) is 4.82. The Labute approximate surface area is 89.0 Å². The van der Waals surface area contributed by atoms with Gasteiger partial charge in [0.05, 0.1) is 5.69 Å². The van der Waals surface area contributed by atoms with Gasteiger partial charge in [0.15, 0.2) is 0 Å². The molecule has 1 aliphatic carbocycles. The molecule has 1 aliphatic rings. The summed E-state index contributed by atoms with van der Waals surface area (Å²) in [5, 5.41) is 10.3. The summed E-state index contributed by atoms with van der Waals surface area (Å²) in [4.78, 5) is 0. The van der Waals surface area contributed by atoms with E-state index in [9.17, 15) is 5.21 Å². The number of hydrogen-bond acceptors (Lipinski definition) is 3. The van der Waals surface area contributed by atoms with Crippen LogP contribution in [-0.4, -0.2) is 10.5 Å². The van der Waals surface area contributed by atoms with Gasteiger partial charge in [-0.25, -0.2) is 0 Å². The first-order chi connectivity index (χ1) is 6.79. The molecule has 0 unspecified atom stereocenters. The topological polar surface area (TPSA) is 23.5 Å². The van der Waals surface area contributed by atoms with E-state index in [1.807, 2.05) is 12.1 Å². The lowest BCUT2D eigenvalue weighted by Gasteiger charge is -2.14. The third-order valence-corrected chi connectivity index (χ3v) is 3.52. The zero-order valence-electron chi connectivity index (χ0n) is 8.31. The van der Waals surface area contributed by atoms with Crippen molar-refractivity contribution in [2.24, 2.45) is 0 Å². The van der Waals surface area contributed by atoms with Crippen LogP contribution in [0.5, 0.6) is 0 Å². The summed E-state index contributed by atoms with van der Waals surface area (Å²) in [5.41, 5.74) is 2.18. The highest BCUT2D eigenvalue weighted by Gasteiger charge is 2.25. The molecule has 3 heteroatoms. The minimum atomic E-state index is 0.630. The highest BCUT2D eigenvalue weighted by molar-refractivity contribution is 8.01. The first-order valence-corrected chi connectivity index (χ1v) is 5.88. The van der Waals surface area contributed by atoms with Crippen molar-refractivity contribution >= 4 is 17.6 Å². The molecule has 0 amide bonds. The second kappa shape index (κ2) is 4.24. The summed E-state index contributed by atoms with van der Waals surface area (Å²) in [7, 11) is 0. The lowest BCUT2D eigenvalue weighted by molar-refractivity contribution is 0.332. The minimum Gasteiger partial charge on any atom is -0.278 e. The number of rotatable bonds is 4. The number of aryl methyl sites for hydroxylation is 1. The van der Waals surface area contributed by atoms with E-state index in [1.165, 1.54) is 34.8 Å². The van der Waals surface area contributed by atoms with Crippen LogP contribution >= 0.6 is 11.9 Å². The van der Waals surface area contributed by atoms with Crippen molar-refractivity contribution in [2.45, 2.75) is 31.4 Å². The molecular weight excluding hydrogens is 194 g/mol. The van der Waals surface area contributed by atoms with E-state index in [0.717, 1.165) is 12.1 Å². The van der Waals surface area contributed by atoms with Crippen LogP contribution < -0.4 is 4.47 Å². The molecular formula is C11H15NOS. The third kappa shape index (κ3) is 2.42. The molecule has 0 aromatic heterocycles. The van der Waals surface area contributed by atoms with E-state index in [4.69, 9.17) is 0 Å². The number of nitrogens with zero attached hydrogens (tertiary/aromatic N) is 1. The molecule has 14 heavy (non-hydrogen) atoms. The molecule has 76 valence electrons. The van der Waals surface area contributed by atoms with Crippen molar-refractivity contribution in [3.8, 4) is 0 Å². The quantitative estimate of drug-likeness (QED) is 0.608. The fourth-order valence-corrected chi connectivity index (χ4v) is 2.11. The average Bonchev–Trinajstić information content (AvgIpc) is 3.02. The zero-order valence-corrected chi connectivity index (χ0v) is 9.13. The largest absolute Gasteiger partial charge is 0.278 e. The Balaban J connectivity index is 1.99. The van der Waals surface area contributed by atoms with Crippen LogP contribution in [0.3, 0.4) is 0 Å². The van der Waals surface area contributed by atoms with Gasteiger partial charge in [-0.15, -0.1) is 0 Å². The second-order valence-electron chi connectivity index (χ2n) is 3.60. The van der Waals surface area contributed by atoms with Crippen molar-refractivity contribution in [1.82, 2.24) is 0 Å². The van der Waals surface area contributed by atoms with Gasteiger partial charge in [0.1, 0.15) is 0 Å². The van der Waals surface area contributed by atoms with Crippen molar-refractivity contribution in [3.05, 3.63) is 29.8 Å². The van der Waals surface area contributed by atoms with Gasteiger partial charge in [-0.2, -0.15) is 4.47 Å². The molecule has 1 aromatic rings. The smallest absolute Gasteiger partial charge is 0.0764 e. The maximum Gasteiger partial charge on any atom is 0.0764 e. The van der Waals surface area contributed by atoms with Crippen LogP contribution in [0.1, 0.15) is 25.3 Å². The summed E-state index contributed by atoms with van der Waals surface area (Å²) in [6.45, 7) is 2.13. The van der Waals surface area contributed by atoms with E-state index < -0.39 is 0 Å². The molecule has 1 fully saturated rings. The molecule has 2 nitrogen and oxygen atoms in total. The van der Waals surface area contributed by atoms with E-state index >= 15 is 0 Å². The van der Waals surface area contributed by atoms with Crippen LogP contribution in [0.4, 0.5) is 5.69 Å². The molecule has 0 heterocycles. The maximum atomic E-state index is 9.69. The molecule has 1 N–H and O–H groups in total. The van der Waals surface area contributed by atoms with Crippen LogP contribution in [0.25, 0.3) is 0 Å². The normalized spacial score (nSPS) is 15.6. The predicted molar refractivity (Wildman–Crippen MR) is 60.7 cm³/mol. The van der Waals surface area contributed by atoms with E-state index in [1.54, 1.807) is 0 Å². The summed E-state index contributed by atoms with van der Waals surface area (Å²) < 4.78 is 1.29. The first-order valence-electron chi connectivity index (χ1n) is 5.04. The Hall–Kier alpha value is -0.670. The van der Waals surface area contributed by atoms with E-state index in [0.29, 0.717) is 5.25 Å². The maximum absolute atomic E-state index is 9.69. The predicted octanol–water partition coefficient (Wildman–Crippen LogP) is 3.26. The van der Waals surface area contributed by atoms with Crippen LogP contribution in [0, 0.1) is 0 Å². The Bertz CT molecular complexity index is 295. The fraction of sp³-hybridized carbons (Fsp3) is 0.455. The Morgan fingerprint density at radius 2 is 2.00 bits per heavy atom. The van der Waals surface area contributed by atoms with Crippen molar-refractivity contribution < 1.29 is 5.21 Å².